The Kier molecular flexibility index (Phi) is 6.08. The summed E-state index contributed by atoms with van der Waals surface area (Å²) in [5.74, 6) is -0.443. The number of hydrogen-bond donors (Lipinski definition) is 1. The van der Waals surface area contributed by atoms with Crippen LogP contribution in [0, 0.1) is 10.1 Å². The van der Waals surface area contributed by atoms with Crippen molar-refractivity contribution in [3.8, 4) is 0 Å². The van der Waals surface area contributed by atoms with Crippen LogP contribution < -0.4 is 5.32 Å². The van der Waals surface area contributed by atoms with Crippen LogP contribution in [0.25, 0.3) is 0 Å². The Balaban J connectivity index is 2.11. The van der Waals surface area contributed by atoms with Crippen LogP contribution in [0.4, 0.5) is 5.69 Å². The van der Waals surface area contributed by atoms with Crippen molar-refractivity contribution in [1.82, 2.24) is 10.2 Å². The van der Waals surface area contributed by atoms with E-state index >= 15 is 0 Å². The Morgan fingerprint density at radius 2 is 1.74 bits per heavy atom. The fourth-order valence-corrected chi connectivity index (χ4v) is 3.08. The number of nitro groups is 1. The Morgan fingerprint density at radius 1 is 1.17 bits per heavy atom. The van der Waals surface area contributed by atoms with Crippen LogP contribution in [0.2, 0.25) is 0 Å². The number of likely N-dealkylation sites (tertiary alicyclic amines) is 1. The average molecular weight is 381 g/mol. The summed E-state index contributed by atoms with van der Waals surface area (Å²) in [7, 11) is 0. The molecule has 0 radical (unpaired) electrons. The molecule has 0 aliphatic carbocycles. The number of benzene rings is 1. The van der Waals surface area contributed by atoms with Crippen molar-refractivity contribution in [3.63, 3.8) is 0 Å². The Labute approximate surface area is 148 Å². The molecule has 1 amide bonds. The summed E-state index contributed by atoms with van der Waals surface area (Å²) in [4.78, 5) is 24.4. The molecule has 0 aromatic heterocycles. The van der Waals surface area contributed by atoms with Gasteiger partial charge in [0.2, 0.25) is 3.79 Å². The van der Waals surface area contributed by atoms with Gasteiger partial charge in [-0.25, -0.2) is 0 Å². The maximum absolute atomic E-state index is 12.3. The molecule has 1 aliphatic heterocycles. The van der Waals surface area contributed by atoms with Crippen molar-refractivity contribution >= 4 is 46.4 Å². The van der Waals surface area contributed by atoms with E-state index in [4.69, 9.17) is 34.8 Å². The molecular weight excluding hydrogens is 365 g/mol. The van der Waals surface area contributed by atoms with Gasteiger partial charge in [0, 0.05) is 30.8 Å². The molecule has 1 saturated heterocycles. The summed E-state index contributed by atoms with van der Waals surface area (Å²) in [6.45, 7) is 1.47. The van der Waals surface area contributed by atoms with Gasteiger partial charge in [-0.1, -0.05) is 41.2 Å². The zero-order chi connectivity index (χ0) is 17.0. The second-order valence-corrected chi connectivity index (χ2v) is 7.69. The van der Waals surface area contributed by atoms with Crippen molar-refractivity contribution < 1.29 is 9.72 Å². The summed E-state index contributed by atoms with van der Waals surface area (Å²) < 4.78 is -1.67. The first-order valence-electron chi connectivity index (χ1n) is 7.15. The molecule has 126 valence electrons. The van der Waals surface area contributed by atoms with E-state index in [0.29, 0.717) is 0 Å². The molecule has 0 bridgehead atoms. The Morgan fingerprint density at radius 3 is 2.22 bits per heavy atom. The number of alkyl halides is 3. The van der Waals surface area contributed by atoms with E-state index in [1.165, 1.54) is 24.3 Å². The number of nitrogens with zero attached hydrogens (tertiary/aromatic N) is 2. The van der Waals surface area contributed by atoms with Gasteiger partial charge >= 0.3 is 0 Å². The number of hydrogen-bond acceptors (Lipinski definition) is 4. The predicted molar refractivity (Wildman–Crippen MR) is 90.1 cm³/mol. The molecule has 0 saturated carbocycles. The fraction of sp³-hybridized carbons (Fsp3) is 0.500. The van der Waals surface area contributed by atoms with E-state index in [-0.39, 0.29) is 11.3 Å². The number of carbonyl (C=O) groups excluding carboxylic acids is 1. The zero-order valence-corrected chi connectivity index (χ0v) is 14.4. The molecule has 1 aromatic rings. The smallest absolute Gasteiger partial charge is 0.269 e. The molecule has 0 spiro atoms. The Hall–Kier alpha value is -1.08. The number of halogens is 3. The molecule has 9 heteroatoms. The Bertz CT molecular complexity index is 569. The molecule has 1 fully saturated rings. The SMILES string of the molecule is O=C(N[C@H](N1CCCCC1)C(Cl)(Cl)Cl)c1ccc([N+](=O)[O-])cc1. The van der Waals surface area contributed by atoms with Crippen molar-refractivity contribution in [2.75, 3.05) is 13.1 Å². The summed E-state index contributed by atoms with van der Waals surface area (Å²) >= 11 is 18.0. The largest absolute Gasteiger partial charge is 0.332 e. The number of amides is 1. The molecule has 23 heavy (non-hydrogen) atoms. The van der Waals surface area contributed by atoms with E-state index in [1.807, 2.05) is 4.90 Å². The molecule has 1 aromatic carbocycles. The number of nitrogens with one attached hydrogen (secondary N) is 1. The number of non-ortho nitro benzene ring substituents is 1. The first kappa shape index (κ1) is 18.3. The summed E-state index contributed by atoms with van der Waals surface area (Å²) in [6.07, 6.45) is 2.31. The zero-order valence-electron chi connectivity index (χ0n) is 12.2. The van der Waals surface area contributed by atoms with E-state index in [1.54, 1.807) is 0 Å². The first-order valence-corrected chi connectivity index (χ1v) is 8.28. The second-order valence-electron chi connectivity index (χ2n) is 5.32. The minimum absolute atomic E-state index is 0.0875. The number of piperidine rings is 1. The van der Waals surface area contributed by atoms with Gasteiger partial charge in [-0.3, -0.25) is 19.8 Å². The summed E-state index contributed by atoms with van der Waals surface area (Å²) in [5, 5.41) is 13.4. The highest BCUT2D eigenvalue weighted by molar-refractivity contribution is 6.68. The monoisotopic (exact) mass is 379 g/mol. The van der Waals surface area contributed by atoms with E-state index < -0.39 is 20.8 Å². The topological polar surface area (TPSA) is 75.5 Å². The van der Waals surface area contributed by atoms with Crippen molar-refractivity contribution in [1.29, 1.82) is 0 Å². The van der Waals surface area contributed by atoms with E-state index in [0.717, 1.165) is 32.4 Å². The fourth-order valence-electron chi connectivity index (χ4n) is 2.50. The van der Waals surface area contributed by atoms with Crippen LogP contribution in [0.5, 0.6) is 0 Å². The maximum Gasteiger partial charge on any atom is 0.269 e. The van der Waals surface area contributed by atoms with Gasteiger partial charge in [0.15, 0.2) is 0 Å². The van der Waals surface area contributed by atoms with Gasteiger partial charge in [0.05, 0.1) is 4.92 Å². The lowest BCUT2D eigenvalue weighted by molar-refractivity contribution is -0.384. The third-order valence-electron chi connectivity index (χ3n) is 3.67. The molecule has 1 N–H and O–H groups in total. The number of nitro benzene ring substituents is 1. The molecule has 2 rings (SSSR count). The predicted octanol–water partition coefficient (Wildman–Crippen LogP) is 3.51. The first-order chi connectivity index (χ1) is 10.8. The van der Waals surface area contributed by atoms with Crippen molar-refractivity contribution in [2.24, 2.45) is 0 Å². The second kappa shape index (κ2) is 7.66. The van der Waals surface area contributed by atoms with Crippen molar-refractivity contribution in [2.45, 2.75) is 29.2 Å². The van der Waals surface area contributed by atoms with Gasteiger partial charge in [-0.15, -0.1) is 0 Å². The lowest BCUT2D eigenvalue weighted by Crippen LogP contribution is -2.56. The van der Waals surface area contributed by atoms with Crippen LogP contribution in [-0.2, 0) is 0 Å². The third-order valence-corrected chi connectivity index (χ3v) is 4.29. The molecule has 1 atom stereocenters. The normalized spacial score (nSPS) is 17.5. The van der Waals surface area contributed by atoms with Crippen LogP contribution in [0.15, 0.2) is 24.3 Å². The lowest BCUT2D eigenvalue weighted by Gasteiger charge is -2.38. The van der Waals surface area contributed by atoms with Gasteiger partial charge in [-0.2, -0.15) is 0 Å². The molecule has 1 heterocycles. The van der Waals surface area contributed by atoms with Gasteiger partial charge in [0.25, 0.3) is 11.6 Å². The summed E-state index contributed by atoms with van der Waals surface area (Å²) in [6, 6.07) is 5.28. The van der Waals surface area contributed by atoms with E-state index in [9.17, 15) is 14.9 Å². The quantitative estimate of drug-likeness (QED) is 0.493. The lowest BCUT2D eigenvalue weighted by atomic mass is 10.1. The number of rotatable bonds is 4. The number of carbonyl (C=O) groups is 1. The molecular formula is C14H16Cl3N3O3. The molecule has 6 nitrogen and oxygen atoms in total. The summed E-state index contributed by atoms with van der Waals surface area (Å²) in [5.41, 5.74) is 0.183. The van der Waals surface area contributed by atoms with Gasteiger partial charge in [-0.05, 0) is 25.0 Å². The highest BCUT2D eigenvalue weighted by Gasteiger charge is 2.39. The van der Waals surface area contributed by atoms with Crippen molar-refractivity contribution in [3.05, 3.63) is 39.9 Å². The molecule has 1 aliphatic rings. The van der Waals surface area contributed by atoms with Crippen LogP contribution in [0.3, 0.4) is 0 Å². The average Bonchev–Trinajstić information content (AvgIpc) is 2.52. The molecule has 0 unspecified atom stereocenters. The van der Waals surface area contributed by atoms with Gasteiger partial charge in [0.1, 0.15) is 6.17 Å². The minimum Gasteiger partial charge on any atom is -0.332 e. The van der Waals surface area contributed by atoms with Gasteiger partial charge < -0.3 is 5.32 Å². The standard InChI is InChI=1S/C14H16Cl3N3O3/c15-14(16,17)13(19-8-2-1-3-9-19)18-12(21)10-4-6-11(7-5-10)20(22)23/h4-7,13H,1-3,8-9H2,(H,18,21)/t13-/m1/s1. The van der Waals surface area contributed by atoms with E-state index in [2.05, 4.69) is 5.32 Å². The minimum atomic E-state index is -1.67. The van der Waals surface area contributed by atoms with Crippen LogP contribution >= 0.6 is 34.8 Å². The highest BCUT2D eigenvalue weighted by Crippen LogP contribution is 2.33. The third kappa shape index (κ3) is 4.94. The van der Waals surface area contributed by atoms with Crippen LogP contribution in [0.1, 0.15) is 29.6 Å². The van der Waals surface area contributed by atoms with Crippen LogP contribution in [-0.4, -0.2) is 38.8 Å². The highest BCUT2D eigenvalue weighted by atomic mass is 35.6. The maximum atomic E-state index is 12.3.